The van der Waals surface area contributed by atoms with Crippen molar-refractivity contribution < 1.29 is 4.39 Å². The van der Waals surface area contributed by atoms with E-state index in [0.717, 1.165) is 36.2 Å². The van der Waals surface area contributed by atoms with E-state index < -0.39 is 0 Å². The molecule has 1 N–H and O–H groups in total. The zero-order chi connectivity index (χ0) is 14.3. The number of aryl methyl sites for hydroxylation is 3. The average Bonchev–Trinajstić information content (AvgIpc) is 2.98. The Kier molecular flexibility index (Phi) is 3.28. The first-order valence-corrected chi connectivity index (χ1v) is 7.34. The second kappa shape index (κ2) is 4.85. The molecule has 0 unspecified atom stereocenters. The molecule has 1 atom stereocenters. The van der Waals surface area contributed by atoms with E-state index in [1.165, 1.54) is 11.1 Å². The van der Waals surface area contributed by atoms with Gasteiger partial charge >= 0.3 is 0 Å². The van der Waals surface area contributed by atoms with E-state index >= 15 is 0 Å². The number of imidazole rings is 1. The number of halogens is 1. The van der Waals surface area contributed by atoms with Gasteiger partial charge in [0.25, 0.3) is 0 Å². The highest BCUT2D eigenvalue weighted by atomic mass is 19.1. The number of aromatic nitrogens is 2. The van der Waals surface area contributed by atoms with Gasteiger partial charge in [-0.2, -0.15) is 0 Å². The molecule has 4 heteroatoms. The summed E-state index contributed by atoms with van der Waals surface area (Å²) >= 11 is 0. The maximum Gasteiger partial charge on any atom is 0.130 e. The highest BCUT2D eigenvalue weighted by Gasteiger charge is 2.35. The van der Waals surface area contributed by atoms with Gasteiger partial charge in [-0.25, -0.2) is 9.37 Å². The topological polar surface area (TPSA) is 29.9 Å². The molecule has 0 bridgehead atoms. The van der Waals surface area contributed by atoms with Crippen LogP contribution in [0.2, 0.25) is 0 Å². The Morgan fingerprint density at radius 1 is 1.35 bits per heavy atom. The smallest absolute Gasteiger partial charge is 0.130 e. The Morgan fingerprint density at radius 3 is 2.75 bits per heavy atom. The predicted molar refractivity (Wildman–Crippen MR) is 79.8 cm³/mol. The third kappa shape index (κ3) is 2.03. The van der Waals surface area contributed by atoms with Crippen LogP contribution in [0.1, 0.15) is 36.7 Å². The lowest BCUT2D eigenvalue weighted by Gasteiger charge is -2.24. The van der Waals surface area contributed by atoms with Crippen LogP contribution in [-0.2, 0) is 12.1 Å². The molecule has 108 valence electrons. The molecule has 1 fully saturated rings. The summed E-state index contributed by atoms with van der Waals surface area (Å²) in [4.78, 5) is 4.82. The molecule has 1 saturated heterocycles. The summed E-state index contributed by atoms with van der Waals surface area (Å²) in [5.74, 6) is 0.979. The maximum atomic E-state index is 13.0. The number of fused-ring (bicyclic) bond motifs is 1. The van der Waals surface area contributed by atoms with Crippen molar-refractivity contribution in [3.8, 4) is 0 Å². The largest absolute Gasteiger partial charge is 0.324 e. The fourth-order valence-electron chi connectivity index (χ4n) is 3.20. The van der Waals surface area contributed by atoms with Crippen LogP contribution in [0.3, 0.4) is 0 Å². The van der Waals surface area contributed by atoms with E-state index in [-0.39, 0.29) is 12.2 Å². The lowest BCUT2D eigenvalue weighted by molar-refractivity contribution is 0.371. The molecular weight excluding hydrogens is 253 g/mol. The summed E-state index contributed by atoms with van der Waals surface area (Å²) in [5, 5.41) is 3.53. The van der Waals surface area contributed by atoms with E-state index in [1.807, 2.05) is 0 Å². The summed E-state index contributed by atoms with van der Waals surface area (Å²) in [6.45, 7) is 7.39. The molecule has 0 radical (unpaired) electrons. The maximum absolute atomic E-state index is 13.0. The van der Waals surface area contributed by atoms with Crippen LogP contribution in [0.25, 0.3) is 11.0 Å². The molecule has 1 aromatic carbocycles. The Labute approximate surface area is 119 Å². The second-order valence-electron chi connectivity index (χ2n) is 6.06. The minimum Gasteiger partial charge on any atom is -0.324 e. The SMILES string of the molecule is Cc1cc2nc([C@]3(C)CCCN3)n(CCF)c2cc1C. The molecule has 2 heterocycles. The van der Waals surface area contributed by atoms with Gasteiger partial charge in [0.2, 0.25) is 0 Å². The number of nitrogens with one attached hydrogen (secondary N) is 1. The Balaban J connectivity index is 2.22. The molecule has 3 nitrogen and oxygen atoms in total. The molecule has 20 heavy (non-hydrogen) atoms. The Hall–Kier alpha value is -1.42. The zero-order valence-corrected chi connectivity index (χ0v) is 12.5. The van der Waals surface area contributed by atoms with E-state index in [2.05, 4.69) is 42.8 Å². The summed E-state index contributed by atoms with van der Waals surface area (Å²) in [7, 11) is 0. The average molecular weight is 275 g/mol. The second-order valence-corrected chi connectivity index (χ2v) is 6.06. The van der Waals surface area contributed by atoms with Crippen molar-refractivity contribution in [1.29, 1.82) is 0 Å². The van der Waals surface area contributed by atoms with Crippen molar-refractivity contribution in [3.63, 3.8) is 0 Å². The summed E-state index contributed by atoms with van der Waals surface area (Å²) in [5.41, 5.74) is 4.37. The van der Waals surface area contributed by atoms with E-state index in [0.29, 0.717) is 6.54 Å². The lowest BCUT2D eigenvalue weighted by Crippen LogP contribution is -2.36. The van der Waals surface area contributed by atoms with Gasteiger partial charge in [0.05, 0.1) is 23.1 Å². The van der Waals surface area contributed by atoms with E-state index in [4.69, 9.17) is 4.98 Å². The first kappa shape index (κ1) is 13.6. The third-order valence-corrected chi connectivity index (χ3v) is 4.53. The molecule has 2 aromatic rings. The van der Waals surface area contributed by atoms with Gasteiger partial charge in [0.1, 0.15) is 12.5 Å². The molecule has 3 rings (SSSR count). The zero-order valence-electron chi connectivity index (χ0n) is 12.5. The number of alkyl halides is 1. The van der Waals surface area contributed by atoms with Gasteiger partial charge in [0.15, 0.2) is 0 Å². The van der Waals surface area contributed by atoms with Crippen LogP contribution < -0.4 is 5.32 Å². The highest BCUT2D eigenvalue weighted by Crippen LogP contribution is 2.32. The van der Waals surface area contributed by atoms with Gasteiger partial charge in [-0.05, 0) is 63.4 Å². The van der Waals surface area contributed by atoms with Gasteiger partial charge < -0.3 is 9.88 Å². The minimum absolute atomic E-state index is 0.129. The molecule has 0 saturated carbocycles. The van der Waals surface area contributed by atoms with Crippen LogP contribution in [0.5, 0.6) is 0 Å². The highest BCUT2D eigenvalue weighted by molar-refractivity contribution is 5.78. The third-order valence-electron chi connectivity index (χ3n) is 4.53. The molecule has 1 aliphatic rings. The molecular formula is C16H22FN3. The van der Waals surface area contributed by atoms with E-state index in [1.54, 1.807) is 0 Å². The van der Waals surface area contributed by atoms with Crippen molar-refractivity contribution in [3.05, 3.63) is 29.1 Å². The van der Waals surface area contributed by atoms with Gasteiger partial charge in [-0.3, -0.25) is 0 Å². The first-order chi connectivity index (χ1) is 9.55. The predicted octanol–water partition coefficient (Wildman–Crippen LogP) is 3.22. The Bertz CT molecular complexity index is 639. The monoisotopic (exact) mass is 275 g/mol. The standard InChI is InChI=1S/C16H22FN3/c1-11-9-13-14(10-12(11)2)20(8-6-17)15(19-13)16(3)5-4-7-18-16/h9-10,18H,4-8H2,1-3H3/t16-/m0/s1. The fourth-order valence-corrected chi connectivity index (χ4v) is 3.20. The minimum atomic E-state index is -0.360. The summed E-state index contributed by atoms with van der Waals surface area (Å²) < 4.78 is 15.0. The number of hydrogen-bond acceptors (Lipinski definition) is 2. The quantitative estimate of drug-likeness (QED) is 0.932. The molecule has 1 aliphatic heterocycles. The van der Waals surface area contributed by atoms with Crippen LogP contribution in [-0.4, -0.2) is 22.8 Å². The van der Waals surface area contributed by atoms with Crippen molar-refractivity contribution in [2.24, 2.45) is 0 Å². The van der Waals surface area contributed by atoms with Gasteiger partial charge in [0, 0.05) is 0 Å². The van der Waals surface area contributed by atoms with Crippen molar-refractivity contribution in [2.45, 2.75) is 45.7 Å². The number of nitrogens with zero attached hydrogens (tertiary/aromatic N) is 2. The first-order valence-electron chi connectivity index (χ1n) is 7.34. The fraction of sp³-hybridized carbons (Fsp3) is 0.562. The van der Waals surface area contributed by atoms with Crippen LogP contribution in [0.15, 0.2) is 12.1 Å². The molecule has 0 aliphatic carbocycles. The van der Waals surface area contributed by atoms with Gasteiger partial charge in [-0.15, -0.1) is 0 Å². The van der Waals surface area contributed by atoms with Crippen molar-refractivity contribution in [2.75, 3.05) is 13.2 Å². The normalized spacial score (nSPS) is 22.8. The van der Waals surface area contributed by atoms with Gasteiger partial charge in [-0.1, -0.05) is 0 Å². The van der Waals surface area contributed by atoms with Crippen molar-refractivity contribution in [1.82, 2.24) is 14.9 Å². The Morgan fingerprint density at radius 2 is 2.10 bits per heavy atom. The van der Waals surface area contributed by atoms with Crippen molar-refractivity contribution >= 4 is 11.0 Å². The number of benzene rings is 1. The van der Waals surface area contributed by atoms with Crippen LogP contribution in [0.4, 0.5) is 4.39 Å². The number of hydrogen-bond donors (Lipinski definition) is 1. The molecule has 0 amide bonds. The molecule has 0 spiro atoms. The summed E-state index contributed by atoms with van der Waals surface area (Å²) in [6, 6.07) is 4.25. The summed E-state index contributed by atoms with van der Waals surface area (Å²) in [6.07, 6.45) is 2.20. The lowest BCUT2D eigenvalue weighted by atomic mass is 9.99. The van der Waals surface area contributed by atoms with E-state index in [9.17, 15) is 4.39 Å². The van der Waals surface area contributed by atoms with Crippen LogP contribution >= 0.6 is 0 Å². The van der Waals surface area contributed by atoms with Crippen LogP contribution in [0, 0.1) is 13.8 Å². The molecule has 1 aromatic heterocycles. The number of rotatable bonds is 3.